The van der Waals surface area contributed by atoms with Gasteiger partial charge >= 0.3 is 11.9 Å². The van der Waals surface area contributed by atoms with Crippen molar-refractivity contribution in [3.05, 3.63) is 85.0 Å². The molecular weight excluding hydrogens is 476 g/mol. The van der Waals surface area contributed by atoms with Gasteiger partial charge in [0.2, 0.25) is 0 Å². The number of aliphatic hydroxyl groups excluding tert-OH is 2. The van der Waals surface area contributed by atoms with Gasteiger partial charge in [-0.25, -0.2) is 9.59 Å². The maximum absolute atomic E-state index is 11.0. The smallest absolute Gasteiger partial charge is 0.330 e. The number of hydrogen-bond donors (Lipinski definition) is 2. The quantitative estimate of drug-likeness (QED) is 0.288. The average molecular weight is 515 g/mol. The van der Waals surface area contributed by atoms with Gasteiger partial charge in [-0.2, -0.15) is 0 Å². The van der Waals surface area contributed by atoms with Crippen molar-refractivity contribution in [2.45, 2.75) is 45.3 Å². The van der Waals surface area contributed by atoms with Crippen LogP contribution in [0.1, 0.15) is 38.8 Å². The van der Waals surface area contributed by atoms with Gasteiger partial charge in [-0.1, -0.05) is 65.1 Å². The molecule has 2 N–H and O–H groups in total. The molecule has 2 atom stereocenters. The van der Waals surface area contributed by atoms with Crippen LogP contribution in [0.25, 0.3) is 0 Å². The zero-order valence-corrected chi connectivity index (χ0v) is 22.0. The van der Waals surface area contributed by atoms with Crippen LogP contribution in [0.4, 0.5) is 0 Å². The highest BCUT2D eigenvalue weighted by molar-refractivity contribution is 5.81. The summed E-state index contributed by atoms with van der Waals surface area (Å²) in [6.45, 7) is 14.4. The van der Waals surface area contributed by atoms with Crippen LogP contribution in [0.15, 0.2) is 73.8 Å². The predicted octanol–water partition coefficient (Wildman–Crippen LogP) is 3.98. The number of ether oxygens (including phenoxy) is 4. The normalized spacial score (nSPS) is 12.2. The van der Waals surface area contributed by atoms with Gasteiger partial charge in [-0.15, -0.1) is 0 Å². The maximum Gasteiger partial charge on any atom is 0.330 e. The molecule has 8 heteroatoms. The topological polar surface area (TPSA) is 112 Å². The van der Waals surface area contributed by atoms with Crippen molar-refractivity contribution in [2.24, 2.45) is 0 Å². The first-order chi connectivity index (χ1) is 17.6. The summed E-state index contributed by atoms with van der Waals surface area (Å²) in [5.74, 6) is -0.0295. The lowest BCUT2D eigenvalue weighted by molar-refractivity contribution is -0.142. The van der Waals surface area contributed by atoms with Gasteiger partial charge in [0.05, 0.1) is 0 Å². The van der Waals surface area contributed by atoms with Crippen LogP contribution in [-0.2, 0) is 24.5 Å². The largest absolute Gasteiger partial charge is 0.491 e. The molecule has 0 radical (unpaired) electrons. The molecule has 0 fully saturated rings. The molecule has 37 heavy (non-hydrogen) atoms. The van der Waals surface area contributed by atoms with E-state index < -0.39 is 24.1 Å². The standard InChI is InChI=1S/C27H32O8.C2H6/c1-5-25(30)34-17-21(28)15-32-23-11-7-19(8-12-23)27(3,4)20-9-13-24(14-10-20)33-16-22(29)18-35-26(31)6-2;1-2/h5-14,21-22,28-29H,1-2,15-18H2,3-4H3;1-2H3. The minimum absolute atomic E-state index is 0.0139. The molecule has 8 nitrogen and oxygen atoms in total. The van der Waals surface area contributed by atoms with E-state index in [2.05, 4.69) is 27.0 Å². The van der Waals surface area contributed by atoms with Crippen LogP contribution in [0, 0.1) is 0 Å². The average Bonchev–Trinajstić information content (AvgIpc) is 2.93. The number of esters is 2. The summed E-state index contributed by atoms with van der Waals surface area (Å²) in [4.78, 5) is 22.1. The maximum atomic E-state index is 11.0. The third-order valence-electron chi connectivity index (χ3n) is 5.21. The van der Waals surface area contributed by atoms with Gasteiger partial charge < -0.3 is 29.2 Å². The Morgan fingerprint density at radius 1 is 0.730 bits per heavy atom. The molecule has 0 spiro atoms. The fourth-order valence-electron chi connectivity index (χ4n) is 3.06. The number of carbonyl (C=O) groups is 2. The fourth-order valence-corrected chi connectivity index (χ4v) is 3.06. The van der Waals surface area contributed by atoms with Crippen molar-refractivity contribution in [1.82, 2.24) is 0 Å². The predicted molar refractivity (Wildman–Crippen MR) is 142 cm³/mol. The zero-order valence-electron chi connectivity index (χ0n) is 22.0. The molecule has 2 unspecified atom stereocenters. The zero-order chi connectivity index (χ0) is 27.8. The van der Waals surface area contributed by atoms with Crippen molar-refractivity contribution in [3.8, 4) is 11.5 Å². The van der Waals surface area contributed by atoms with Gasteiger partial charge in [-0.3, -0.25) is 0 Å². The van der Waals surface area contributed by atoms with E-state index in [1.807, 2.05) is 62.4 Å². The van der Waals surface area contributed by atoms with Crippen LogP contribution in [0.2, 0.25) is 0 Å². The van der Waals surface area contributed by atoms with Crippen LogP contribution in [0.5, 0.6) is 11.5 Å². The van der Waals surface area contributed by atoms with E-state index in [1.54, 1.807) is 0 Å². The summed E-state index contributed by atoms with van der Waals surface area (Å²) in [6, 6.07) is 15.1. The first-order valence-corrected chi connectivity index (χ1v) is 12.1. The molecule has 0 saturated heterocycles. The number of benzene rings is 2. The van der Waals surface area contributed by atoms with Crippen LogP contribution in [-0.4, -0.2) is 60.8 Å². The number of hydrogen-bond acceptors (Lipinski definition) is 8. The number of aliphatic hydroxyl groups is 2. The Bertz CT molecular complexity index is 900. The molecule has 2 aromatic carbocycles. The van der Waals surface area contributed by atoms with E-state index in [9.17, 15) is 19.8 Å². The van der Waals surface area contributed by atoms with E-state index in [0.29, 0.717) is 11.5 Å². The molecule has 0 aliphatic heterocycles. The SMILES string of the molecule is C=CC(=O)OCC(O)COc1ccc(C(C)(C)c2ccc(OCC(O)COC(=O)C=C)cc2)cc1.CC. The second-order valence-corrected chi connectivity index (χ2v) is 8.27. The second-order valence-electron chi connectivity index (χ2n) is 8.27. The molecule has 0 aliphatic carbocycles. The van der Waals surface area contributed by atoms with Crippen molar-refractivity contribution in [3.63, 3.8) is 0 Å². The minimum atomic E-state index is -0.945. The highest BCUT2D eigenvalue weighted by atomic mass is 16.6. The highest BCUT2D eigenvalue weighted by Gasteiger charge is 2.23. The number of rotatable bonds is 14. The lowest BCUT2D eigenvalue weighted by Gasteiger charge is -2.26. The van der Waals surface area contributed by atoms with Gasteiger partial charge in [0.1, 0.15) is 50.1 Å². The van der Waals surface area contributed by atoms with Crippen molar-refractivity contribution < 1.29 is 38.7 Å². The third kappa shape index (κ3) is 10.9. The molecule has 0 amide bonds. The Morgan fingerprint density at radius 2 is 1.05 bits per heavy atom. The molecule has 0 aliphatic rings. The van der Waals surface area contributed by atoms with Crippen LogP contribution >= 0.6 is 0 Å². The van der Waals surface area contributed by atoms with E-state index in [4.69, 9.17) is 18.9 Å². The summed E-state index contributed by atoms with van der Waals surface area (Å²) in [6.07, 6.45) is 0.176. The first-order valence-electron chi connectivity index (χ1n) is 12.1. The Labute approximate surface area is 219 Å². The molecule has 0 heterocycles. The van der Waals surface area contributed by atoms with Crippen LogP contribution in [0.3, 0.4) is 0 Å². The Hall–Kier alpha value is -3.62. The van der Waals surface area contributed by atoms with Crippen LogP contribution < -0.4 is 9.47 Å². The van der Waals surface area contributed by atoms with Gasteiger partial charge in [-0.05, 0) is 35.4 Å². The lowest BCUT2D eigenvalue weighted by Crippen LogP contribution is -2.25. The van der Waals surface area contributed by atoms with Gasteiger partial charge in [0, 0.05) is 17.6 Å². The monoisotopic (exact) mass is 514 g/mol. The summed E-state index contributed by atoms with van der Waals surface area (Å²) < 4.78 is 20.7. The molecule has 0 bridgehead atoms. The molecule has 2 aromatic rings. The fraction of sp³-hybridized carbons (Fsp3) is 0.379. The lowest BCUT2D eigenvalue weighted by atomic mass is 9.78. The van der Waals surface area contributed by atoms with Gasteiger partial charge in [0.15, 0.2) is 0 Å². The summed E-state index contributed by atoms with van der Waals surface area (Å²) in [7, 11) is 0. The van der Waals surface area contributed by atoms with E-state index in [-0.39, 0.29) is 31.8 Å². The first kappa shape index (κ1) is 31.4. The highest BCUT2D eigenvalue weighted by Crippen LogP contribution is 2.33. The van der Waals surface area contributed by atoms with Crippen molar-refractivity contribution in [2.75, 3.05) is 26.4 Å². The number of carbonyl (C=O) groups excluding carboxylic acids is 2. The summed E-state index contributed by atoms with van der Waals surface area (Å²) >= 11 is 0. The Balaban J connectivity index is 0.00000334. The van der Waals surface area contributed by atoms with Crippen molar-refractivity contribution in [1.29, 1.82) is 0 Å². The molecule has 2 rings (SSSR count). The Kier molecular flexibility index (Phi) is 13.7. The minimum Gasteiger partial charge on any atom is -0.491 e. The third-order valence-corrected chi connectivity index (χ3v) is 5.21. The molecule has 202 valence electrons. The van der Waals surface area contributed by atoms with Crippen molar-refractivity contribution >= 4 is 11.9 Å². The molecular formula is C29H38O8. The second kappa shape index (κ2) is 16.2. The summed E-state index contributed by atoms with van der Waals surface area (Å²) in [5.41, 5.74) is 1.80. The Morgan fingerprint density at radius 3 is 1.35 bits per heavy atom. The molecule has 0 aromatic heterocycles. The van der Waals surface area contributed by atoms with E-state index >= 15 is 0 Å². The molecule has 0 saturated carbocycles. The summed E-state index contributed by atoms with van der Waals surface area (Å²) in [5, 5.41) is 19.7. The van der Waals surface area contributed by atoms with E-state index in [1.165, 1.54) is 0 Å². The van der Waals surface area contributed by atoms with Gasteiger partial charge in [0.25, 0.3) is 0 Å². The van der Waals surface area contributed by atoms with E-state index in [0.717, 1.165) is 23.3 Å².